The maximum absolute atomic E-state index is 14.0. The van der Waals surface area contributed by atoms with E-state index < -0.39 is 17.2 Å². The molecule has 112 valence electrons. The monoisotopic (exact) mass is 293 g/mol. The van der Waals surface area contributed by atoms with Crippen molar-refractivity contribution in [2.45, 2.75) is 25.8 Å². The molecule has 0 bridgehead atoms. The lowest BCUT2D eigenvalue weighted by Crippen LogP contribution is -2.35. The molecule has 1 aromatic heterocycles. The lowest BCUT2D eigenvalue weighted by atomic mass is 10.1. The first kappa shape index (κ1) is 14.1. The molecular formula is C15H17F2N3O. The van der Waals surface area contributed by atoms with Crippen LogP contribution in [0.2, 0.25) is 0 Å². The summed E-state index contributed by atoms with van der Waals surface area (Å²) >= 11 is 0. The highest BCUT2D eigenvalue weighted by atomic mass is 19.2. The average Bonchev–Trinajstić information content (AvgIpc) is 2.51. The molecule has 0 atom stereocenters. The summed E-state index contributed by atoms with van der Waals surface area (Å²) in [5.41, 5.74) is -0.143. The number of hydrogen-bond donors (Lipinski definition) is 0. The molecular weight excluding hydrogens is 276 g/mol. The summed E-state index contributed by atoms with van der Waals surface area (Å²) in [6, 6.07) is 2.43. The fourth-order valence-electron chi connectivity index (χ4n) is 2.84. The Morgan fingerprint density at radius 1 is 1.10 bits per heavy atom. The van der Waals surface area contributed by atoms with E-state index in [1.54, 1.807) is 0 Å². The number of halogens is 2. The van der Waals surface area contributed by atoms with Gasteiger partial charge in [0.2, 0.25) is 0 Å². The minimum Gasteiger partial charge on any atom is -0.302 e. The van der Waals surface area contributed by atoms with E-state index in [0.717, 1.165) is 38.2 Å². The minimum absolute atomic E-state index is 0.0421. The Balaban J connectivity index is 1.94. The Hall–Kier alpha value is -1.82. The Morgan fingerprint density at radius 2 is 1.86 bits per heavy atom. The highest BCUT2D eigenvalue weighted by molar-refractivity contribution is 5.75. The van der Waals surface area contributed by atoms with Crippen LogP contribution < -0.4 is 5.56 Å². The van der Waals surface area contributed by atoms with Gasteiger partial charge in [0.25, 0.3) is 5.56 Å². The SMILES string of the molecule is O=c1cnc2ccc(F)c(F)c2n1CCN1CCCCC1. The predicted molar refractivity (Wildman–Crippen MR) is 76.2 cm³/mol. The number of likely N-dealkylation sites (tertiary alicyclic amines) is 1. The molecule has 2 aromatic rings. The quantitative estimate of drug-likeness (QED) is 0.870. The number of piperidine rings is 1. The van der Waals surface area contributed by atoms with Gasteiger partial charge in [0.15, 0.2) is 11.6 Å². The molecule has 4 nitrogen and oxygen atoms in total. The molecule has 0 spiro atoms. The number of aromatic nitrogens is 2. The number of rotatable bonds is 3. The molecule has 0 saturated carbocycles. The highest BCUT2D eigenvalue weighted by Gasteiger charge is 2.15. The van der Waals surface area contributed by atoms with Crippen LogP contribution in [-0.4, -0.2) is 34.1 Å². The van der Waals surface area contributed by atoms with Crippen molar-refractivity contribution in [3.05, 3.63) is 40.3 Å². The Bertz CT molecular complexity index is 708. The maximum Gasteiger partial charge on any atom is 0.269 e. The van der Waals surface area contributed by atoms with Crippen LogP contribution in [0, 0.1) is 11.6 Å². The van der Waals surface area contributed by atoms with E-state index in [9.17, 15) is 13.6 Å². The Labute approximate surface area is 121 Å². The maximum atomic E-state index is 14.0. The molecule has 0 N–H and O–H groups in total. The molecule has 1 saturated heterocycles. The summed E-state index contributed by atoms with van der Waals surface area (Å²) in [5, 5.41) is 0. The second kappa shape index (κ2) is 5.89. The van der Waals surface area contributed by atoms with Gasteiger partial charge in [-0.2, -0.15) is 0 Å². The summed E-state index contributed by atoms with van der Waals surface area (Å²) in [7, 11) is 0. The van der Waals surface area contributed by atoms with Gasteiger partial charge < -0.3 is 9.47 Å². The third kappa shape index (κ3) is 2.81. The lowest BCUT2D eigenvalue weighted by Gasteiger charge is -2.26. The van der Waals surface area contributed by atoms with E-state index in [1.807, 2.05) is 0 Å². The zero-order valence-electron chi connectivity index (χ0n) is 11.7. The summed E-state index contributed by atoms with van der Waals surface area (Å²) < 4.78 is 28.7. The van der Waals surface area contributed by atoms with Gasteiger partial charge in [-0.1, -0.05) is 6.42 Å². The van der Waals surface area contributed by atoms with E-state index in [0.29, 0.717) is 18.6 Å². The molecule has 0 radical (unpaired) electrons. The van der Waals surface area contributed by atoms with E-state index in [4.69, 9.17) is 0 Å². The van der Waals surface area contributed by atoms with Gasteiger partial charge in [-0.25, -0.2) is 13.8 Å². The van der Waals surface area contributed by atoms with Crippen LogP contribution in [0.3, 0.4) is 0 Å². The summed E-state index contributed by atoms with van der Waals surface area (Å²) in [4.78, 5) is 18.1. The number of fused-ring (bicyclic) bond motifs is 1. The topological polar surface area (TPSA) is 38.1 Å². The first-order valence-corrected chi connectivity index (χ1v) is 7.23. The molecule has 1 aliphatic heterocycles. The van der Waals surface area contributed by atoms with Gasteiger partial charge in [-0.3, -0.25) is 4.79 Å². The van der Waals surface area contributed by atoms with Crippen molar-refractivity contribution >= 4 is 11.0 Å². The van der Waals surface area contributed by atoms with Crippen LogP contribution in [0.4, 0.5) is 8.78 Å². The van der Waals surface area contributed by atoms with E-state index in [-0.39, 0.29) is 5.52 Å². The zero-order valence-corrected chi connectivity index (χ0v) is 11.7. The number of hydrogen-bond acceptors (Lipinski definition) is 3. The van der Waals surface area contributed by atoms with Gasteiger partial charge in [0.05, 0.1) is 11.7 Å². The third-order valence-corrected chi connectivity index (χ3v) is 3.99. The smallest absolute Gasteiger partial charge is 0.269 e. The lowest BCUT2D eigenvalue weighted by molar-refractivity contribution is 0.220. The van der Waals surface area contributed by atoms with Crippen molar-refractivity contribution in [1.82, 2.24) is 14.5 Å². The molecule has 21 heavy (non-hydrogen) atoms. The fraction of sp³-hybridized carbons (Fsp3) is 0.467. The number of nitrogens with zero attached hydrogens (tertiary/aromatic N) is 3. The molecule has 0 aliphatic carbocycles. The molecule has 6 heteroatoms. The average molecular weight is 293 g/mol. The van der Waals surface area contributed by atoms with E-state index in [1.165, 1.54) is 17.1 Å². The van der Waals surface area contributed by atoms with Crippen molar-refractivity contribution in [1.29, 1.82) is 0 Å². The normalized spacial score (nSPS) is 16.5. The summed E-state index contributed by atoms with van der Waals surface area (Å²) in [5.74, 6) is -1.96. The van der Waals surface area contributed by atoms with Crippen LogP contribution in [0.5, 0.6) is 0 Å². The van der Waals surface area contributed by atoms with Crippen molar-refractivity contribution in [3.8, 4) is 0 Å². The van der Waals surface area contributed by atoms with Gasteiger partial charge in [-0.05, 0) is 38.1 Å². The standard InChI is InChI=1S/C15H17F2N3O/c16-11-4-5-12-15(14(11)17)20(13(21)10-18-12)9-8-19-6-2-1-3-7-19/h4-5,10H,1-3,6-9H2. The minimum atomic E-state index is -1.00. The molecule has 0 amide bonds. The second-order valence-corrected chi connectivity index (χ2v) is 5.38. The highest BCUT2D eigenvalue weighted by Crippen LogP contribution is 2.17. The molecule has 1 aromatic carbocycles. The second-order valence-electron chi connectivity index (χ2n) is 5.38. The van der Waals surface area contributed by atoms with Crippen LogP contribution in [0.1, 0.15) is 19.3 Å². The predicted octanol–water partition coefficient (Wildman–Crippen LogP) is 2.16. The van der Waals surface area contributed by atoms with Crippen molar-refractivity contribution in [2.75, 3.05) is 19.6 Å². The largest absolute Gasteiger partial charge is 0.302 e. The van der Waals surface area contributed by atoms with E-state index >= 15 is 0 Å². The van der Waals surface area contributed by atoms with Crippen LogP contribution >= 0.6 is 0 Å². The summed E-state index contributed by atoms with van der Waals surface area (Å²) in [6.45, 7) is 3.00. The van der Waals surface area contributed by atoms with Crippen molar-refractivity contribution in [3.63, 3.8) is 0 Å². The fourth-order valence-corrected chi connectivity index (χ4v) is 2.84. The molecule has 2 heterocycles. The Kier molecular flexibility index (Phi) is 3.96. The van der Waals surface area contributed by atoms with Crippen LogP contribution in [0.15, 0.2) is 23.1 Å². The first-order valence-electron chi connectivity index (χ1n) is 7.23. The third-order valence-electron chi connectivity index (χ3n) is 3.99. The number of benzene rings is 1. The molecule has 0 unspecified atom stereocenters. The molecule has 1 aliphatic rings. The molecule has 1 fully saturated rings. The van der Waals surface area contributed by atoms with Gasteiger partial charge in [0, 0.05) is 13.1 Å². The van der Waals surface area contributed by atoms with Crippen molar-refractivity contribution < 1.29 is 8.78 Å². The van der Waals surface area contributed by atoms with Crippen LogP contribution in [0.25, 0.3) is 11.0 Å². The van der Waals surface area contributed by atoms with Gasteiger partial charge in [0.1, 0.15) is 5.52 Å². The summed E-state index contributed by atoms with van der Waals surface area (Å²) in [6.07, 6.45) is 4.69. The van der Waals surface area contributed by atoms with E-state index in [2.05, 4.69) is 9.88 Å². The van der Waals surface area contributed by atoms with Crippen molar-refractivity contribution in [2.24, 2.45) is 0 Å². The zero-order chi connectivity index (χ0) is 14.8. The van der Waals surface area contributed by atoms with Crippen LogP contribution in [-0.2, 0) is 6.54 Å². The molecule has 3 rings (SSSR count). The Morgan fingerprint density at radius 3 is 2.62 bits per heavy atom. The van der Waals surface area contributed by atoms with Gasteiger partial charge in [-0.15, -0.1) is 0 Å². The first-order chi connectivity index (χ1) is 10.2. The van der Waals surface area contributed by atoms with Gasteiger partial charge >= 0.3 is 0 Å².